The van der Waals surface area contributed by atoms with E-state index < -0.39 is 12.0 Å². The van der Waals surface area contributed by atoms with Gasteiger partial charge in [-0.25, -0.2) is 4.79 Å². The lowest BCUT2D eigenvalue weighted by molar-refractivity contribution is -0.146. The number of carbonyl (C=O) groups is 2. The molecule has 0 spiro atoms. The maximum atomic E-state index is 12.3. The molecule has 0 fully saturated rings. The summed E-state index contributed by atoms with van der Waals surface area (Å²) in [6.07, 6.45) is 2.08. The lowest BCUT2D eigenvalue weighted by atomic mass is 10.0. The molecule has 0 aliphatic carbocycles. The van der Waals surface area contributed by atoms with Crippen molar-refractivity contribution in [2.24, 2.45) is 5.92 Å². The Bertz CT molecular complexity index is 966. The first-order chi connectivity index (χ1) is 14.0. The third-order valence-corrected chi connectivity index (χ3v) is 4.37. The van der Waals surface area contributed by atoms with Crippen LogP contribution in [-0.2, 0) is 27.3 Å². The van der Waals surface area contributed by atoms with E-state index in [1.807, 2.05) is 26.0 Å². The van der Waals surface area contributed by atoms with E-state index >= 15 is 0 Å². The Kier molecular flexibility index (Phi) is 6.43. The third kappa shape index (κ3) is 5.09. The number of anilines is 1. The van der Waals surface area contributed by atoms with Crippen molar-refractivity contribution < 1.29 is 18.7 Å². The van der Waals surface area contributed by atoms with Crippen LogP contribution in [-0.4, -0.2) is 44.8 Å². The van der Waals surface area contributed by atoms with Gasteiger partial charge in [0.1, 0.15) is 17.6 Å². The molecule has 0 aromatic carbocycles. The normalized spacial score (nSPS) is 12.1. The number of amides is 1. The van der Waals surface area contributed by atoms with Crippen LogP contribution in [0.4, 0.5) is 5.82 Å². The number of nitrogens with zero attached hydrogens (tertiary/aromatic N) is 4. The lowest BCUT2D eigenvalue weighted by Gasteiger charge is -2.19. The maximum absolute atomic E-state index is 12.3. The Morgan fingerprint density at radius 1 is 1.24 bits per heavy atom. The zero-order valence-corrected chi connectivity index (χ0v) is 16.6. The van der Waals surface area contributed by atoms with Gasteiger partial charge in [-0.1, -0.05) is 13.8 Å². The minimum atomic E-state index is -0.682. The highest BCUT2D eigenvalue weighted by Gasteiger charge is 2.24. The summed E-state index contributed by atoms with van der Waals surface area (Å²) < 4.78 is 11.6. The van der Waals surface area contributed by atoms with Crippen molar-refractivity contribution in [2.75, 3.05) is 12.4 Å². The van der Waals surface area contributed by atoms with Crippen LogP contribution in [0.15, 0.2) is 34.9 Å². The van der Waals surface area contributed by atoms with Crippen LogP contribution in [0.1, 0.15) is 31.9 Å². The zero-order chi connectivity index (χ0) is 20.8. The fraction of sp³-hybridized carbons (Fsp3) is 0.421. The molecule has 3 aromatic heterocycles. The molecule has 1 amide bonds. The van der Waals surface area contributed by atoms with Crippen LogP contribution < -0.4 is 10.6 Å². The summed E-state index contributed by atoms with van der Waals surface area (Å²) in [6.45, 7) is 4.18. The van der Waals surface area contributed by atoms with Crippen LogP contribution in [0, 0.1) is 5.92 Å². The molecule has 29 heavy (non-hydrogen) atoms. The van der Waals surface area contributed by atoms with Gasteiger partial charge in [0.25, 0.3) is 0 Å². The van der Waals surface area contributed by atoms with Gasteiger partial charge in [-0.2, -0.15) is 4.52 Å². The predicted octanol–water partition coefficient (Wildman–Crippen LogP) is 1.58. The summed E-state index contributed by atoms with van der Waals surface area (Å²) >= 11 is 0. The highest BCUT2D eigenvalue weighted by atomic mass is 16.5. The minimum Gasteiger partial charge on any atom is -0.467 e. The molecule has 3 rings (SSSR count). The second-order valence-corrected chi connectivity index (χ2v) is 6.85. The fourth-order valence-corrected chi connectivity index (χ4v) is 2.77. The number of hydrogen-bond donors (Lipinski definition) is 2. The summed E-state index contributed by atoms with van der Waals surface area (Å²) in [5, 5.41) is 18.5. The number of furan rings is 1. The van der Waals surface area contributed by atoms with Crippen molar-refractivity contribution in [3.63, 3.8) is 0 Å². The van der Waals surface area contributed by atoms with Crippen molar-refractivity contribution >= 4 is 23.3 Å². The topological polar surface area (TPSA) is 124 Å². The van der Waals surface area contributed by atoms with E-state index in [1.54, 1.807) is 22.9 Å². The predicted molar refractivity (Wildman–Crippen MR) is 104 cm³/mol. The first kappa shape index (κ1) is 20.3. The summed E-state index contributed by atoms with van der Waals surface area (Å²) in [4.78, 5) is 24.1. The highest BCUT2D eigenvalue weighted by molar-refractivity contribution is 5.84. The van der Waals surface area contributed by atoms with Gasteiger partial charge in [0.05, 0.1) is 19.9 Å². The number of methoxy groups -OCH3 is 1. The van der Waals surface area contributed by atoms with E-state index in [-0.39, 0.29) is 18.2 Å². The standard InChI is InChI=1S/C19H24N6O4/c1-12(2)18(19(27)28-3)21-17(26)9-8-16-23-22-15-7-6-14(24-25(15)16)20-11-13-5-4-10-29-13/h4-7,10,12,18H,8-9,11H2,1-3H3,(H,20,24)(H,21,26)/t18-/m0/s1. The summed E-state index contributed by atoms with van der Waals surface area (Å²) in [5.74, 6) is 1.16. The molecule has 154 valence electrons. The molecule has 0 radical (unpaired) electrons. The molecule has 0 unspecified atom stereocenters. The number of aromatic nitrogens is 4. The first-order valence-electron chi connectivity index (χ1n) is 9.32. The lowest BCUT2D eigenvalue weighted by Crippen LogP contribution is -2.45. The number of fused-ring (bicyclic) bond motifs is 1. The Labute approximate surface area is 167 Å². The molecule has 3 heterocycles. The smallest absolute Gasteiger partial charge is 0.328 e. The van der Waals surface area contributed by atoms with Crippen molar-refractivity contribution in [3.8, 4) is 0 Å². The molecule has 2 N–H and O–H groups in total. The van der Waals surface area contributed by atoms with Gasteiger partial charge in [-0.3, -0.25) is 4.79 Å². The summed E-state index contributed by atoms with van der Waals surface area (Å²) in [6, 6.07) is 6.60. The number of hydrogen-bond acceptors (Lipinski definition) is 8. The van der Waals surface area contributed by atoms with Crippen LogP contribution in [0.25, 0.3) is 5.65 Å². The van der Waals surface area contributed by atoms with E-state index in [0.29, 0.717) is 30.3 Å². The summed E-state index contributed by atoms with van der Waals surface area (Å²) in [7, 11) is 1.30. The van der Waals surface area contributed by atoms with E-state index in [9.17, 15) is 9.59 Å². The quantitative estimate of drug-likeness (QED) is 0.519. The molecule has 0 aliphatic rings. The number of carbonyl (C=O) groups excluding carboxylic acids is 2. The molecule has 10 nitrogen and oxygen atoms in total. The van der Waals surface area contributed by atoms with Gasteiger partial charge in [0.15, 0.2) is 11.5 Å². The third-order valence-electron chi connectivity index (χ3n) is 4.37. The zero-order valence-electron chi connectivity index (χ0n) is 16.6. The first-order valence-corrected chi connectivity index (χ1v) is 9.32. The van der Waals surface area contributed by atoms with Gasteiger partial charge in [-0.05, 0) is 30.2 Å². The SMILES string of the molecule is COC(=O)[C@@H](NC(=O)CCc1nnc2ccc(NCc3ccco3)nn12)C(C)C. The molecule has 0 bridgehead atoms. The molecular formula is C19H24N6O4. The second kappa shape index (κ2) is 9.18. The Hall–Kier alpha value is -3.43. The maximum Gasteiger partial charge on any atom is 0.328 e. The Morgan fingerprint density at radius 2 is 2.07 bits per heavy atom. The van der Waals surface area contributed by atoms with Crippen LogP contribution in [0.5, 0.6) is 0 Å². The van der Waals surface area contributed by atoms with Gasteiger partial charge in [0.2, 0.25) is 5.91 Å². The molecule has 1 atom stereocenters. The van der Waals surface area contributed by atoms with Crippen molar-refractivity contribution in [1.29, 1.82) is 0 Å². The molecule has 0 aliphatic heterocycles. The molecule has 0 saturated heterocycles. The second-order valence-electron chi connectivity index (χ2n) is 6.85. The fourth-order valence-electron chi connectivity index (χ4n) is 2.77. The van der Waals surface area contributed by atoms with Crippen LogP contribution in [0.3, 0.4) is 0 Å². The molecular weight excluding hydrogens is 376 g/mol. The number of aryl methyl sites for hydroxylation is 1. The monoisotopic (exact) mass is 400 g/mol. The van der Waals surface area contributed by atoms with E-state index in [2.05, 4.69) is 25.9 Å². The largest absolute Gasteiger partial charge is 0.467 e. The highest BCUT2D eigenvalue weighted by Crippen LogP contribution is 2.11. The van der Waals surface area contributed by atoms with Gasteiger partial charge >= 0.3 is 5.97 Å². The number of esters is 1. The van der Waals surface area contributed by atoms with E-state index in [4.69, 9.17) is 9.15 Å². The van der Waals surface area contributed by atoms with Crippen molar-refractivity contribution in [3.05, 3.63) is 42.1 Å². The Balaban J connectivity index is 1.62. The minimum absolute atomic E-state index is 0.0789. The van der Waals surface area contributed by atoms with Crippen molar-refractivity contribution in [2.45, 2.75) is 39.3 Å². The summed E-state index contributed by atoms with van der Waals surface area (Å²) in [5.41, 5.74) is 0.582. The molecule has 10 heteroatoms. The number of nitrogens with one attached hydrogen (secondary N) is 2. The Morgan fingerprint density at radius 3 is 2.76 bits per heavy atom. The van der Waals surface area contributed by atoms with Gasteiger partial charge in [0, 0.05) is 12.8 Å². The van der Waals surface area contributed by atoms with E-state index in [1.165, 1.54) is 7.11 Å². The van der Waals surface area contributed by atoms with Gasteiger partial charge in [-0.15, -0.1) is 15.3 Å². The van der Waals surface area contributed by atoms with Crippen LogP contribution in [0.2, 0.25) is 0 Å². The number of ether oxygens (including phenoxy) is 1. The molecule has 0 saturated carbocycles. The van der Waals surface area contributed by atoms with Crippen molar-refractivity contribution in [1.82, 2.24) is 25.1 Å². The van der Waals surface area contributed by atoms with Gasteiger partial charge < -0.3 is 19.8 Å². The van der Waals surface area contributed by atoms with E-state index in [0.717, 1.165) is 5.76 Å². The average Bonchev–Trinajstić information content (AvgIpc) is 3.37. The molecule has 3 aromatic rings. The number of rotatable bonds is 9. The average molecular weight is 400 g/mol. The van der Waals surface area contributed by atoms with Crippen LogP contribution >= 0.6 is 0 Å².